The molecular weight excluding hydrogens is 362 g/mol. The molecule has 11 heteroatoms. The Morgan fingerprint density at radius 2 is 1.52 bits per heavy atom. The van der Waals surface area contributed by atoms with Crippen LogP contribution >= 0.6 is 0 Å². The van der Waals surface area contributed by atoms with E-state index in [1.165, 1.54) is 0 Å². The maximum atomic E-state index is 12.2. The van der Waals surface area contributed by atoms with Crippen molar-refractivity contribution in [3.05, 3.63) is 35.9 Å². The molecule has 1 aromatic rings. The van der Waals surface area contributed by atoms with Crippen molar-refractivity contribution in [1.29, 1.82) is 0 Å². The zero-order chi connectivity index (χ0) is 19.3. The lowest BCUT2D eigenvalue weighted by atomic mass is 10.2. The highest BCUT2D eigenvalue weighted by molar-refractivity contribution is 5.81. The third-order valence-electron chi connectivity index (χ3n) is 2.70. The van der Waals surface area contributed by atoms with Crippen LogP contribution in [-0.2, 0) is 25.7 Å². The Balaban J connectivity index is 2.56. The minimum Gasteiger partial charge on any atom is -0.459 e. The van der Waals surface area contributed by atoms with Crippen LogP contribution in [0.15, 0.2) is 30.3 Å². The Bertz CT molecular complexity index is 570. The monoisotopic (exact) mass is 374 g/mol. The van der Waals surface area contributed by atoms with E-state index in [1.807, 2.05) is 0 Å². The fourth-order valence-corrected chi connectivity index (χ4v) is 1.56. The molecule has 0 aliphatic carbocycles. The zero-order valence-electron chi connectivity index (χ0n) is 12.3. The van der Waals surface area contributed by atoms with E-state index in [-0.39, 0.29) is 6.61 Å². The van der Waals surface area contributed by atoms with Crippen LogP contribution in [0.3, 0.4) is 0 Å². The lowest BCUT2D eigenvalue weighted by Crippen LogP contribution is -2.46. The van der Waals surface area contributed by atoms with E-state index in [2.05, 4.69) is 9.47 Å². The number of benzene rings is 1. The molecular formula is C14H12F6O5. The molecule has 0 aromatic heterocycles. The number of alkyl halides is 6. The predicted molar refractivity (Wildman–Crippen MR) is 68.9 cm³/mol. The molecule has 1 aromatic carbocycles. The third-order valence-corrected chi connectivity index (χ3v) is 2.70. The van der Waals surface area contributed by atoms with Gasteiger partial charge in [0, 0.05) is 0 Å². The summed E-state index contributed by atoms with van der Waals surface area (Å²) in [7, 11) is 0. The first-order valence-corrected chi connectivity index (χ1v) is 6.63. The molecule has 1 atom stereocenters. The molecule has 1 N–H and O–H groups in total. The number of aliphatic hydroxyl groups is 1. The van der Waals surface area contributed by atoms with Crippen LogP contribution in [0.1, 0.15) is 12.0 Å². The Labute approximate surface area is 137 Å². The number of hydrogen-bond donors (Lipinski definition) is 1. The van der Waals surface area contributed by atoms with Crippen LogP contribution in [0, 0.1) is 0 Å². The summed E-state index contributed by atoms with van der Waals surface area (Å²) in [6.07, 6.45) is -19.8. The number of esters is 2. The standard InChI is InChI=1S/C14H12F6O5/c15-13(16,17)12(14(18,19)20)25-10(22)6-9(21)11(23)24-7-8-4-2-1-3-5-8/h1-5,9,12,21H,6-7H2. The molecule has 0 heterocycles. The number of rotatable bonds is 6. The molecule has 25 heavy (non-hydrogen) atoms. The van der Waals surface area contributed by atoms with Crippen LogP contribution < -0.4 is 0 Å². The summed E-state index contributed by atoms with van der Waals surface area (Å²) in [5.41, 5.74) is 0.514. The van der Waals surface area contributed by atoms with Crippen LogP contribution in [-0.4, -0.2) is 41.6 Å². The molecule has 0 fully saturated rings. The van der Waals surface area contributed by atoms with E-state index in [9.17, 15) is 41.0 Å². The van der Waals surface area contributed by atoms with Crippen LogP contribution in [0.2, 0.25) is 0 Å². The minimum absolute atomic E-state index is 0.306. The van der Waals surface area contributed by atoms with Crippen LogP contribution in [0.25, 0.3) is 0 Å². The molecule has 0 saturated carbocycles. The summed E-state index contributed by atoms with van der Waals surface area (Å²) in [6, 6.07) is 8.03. The van der Waals surface area contributed by atoms with Gasteiger partial charge in [-0.2, -0.15) is 26.3 Å². The van der Waals surface area contributed by atoms with Crippen LogP contribution in [0.4, 0.5) is 26.3 Å². The van der Waals surface area contributed by atoms with Gasteiger partial charge in [0.15, 0.2) is 6.10 Å². The van der Waals surface area contributed by atoms with Gasteiger partial charge in [0.05, 0.1) is 6.42 Å². The van der Waals surface area contributed by atoms with E-state index in [4.69, 9.17) is 0 Å². The van der Waals surface area contributed by atoms with Crippen molar-refractivity contribution in [2.24, 2.45) is 0 Å². The smallest absolute Gasteiger partial charge is 0.434 e. The second kappa shape index (κ2) is 8.19. The first-order valence-electron chi connectivity index (χ1n) is 6.63. The van der Waals surface area contributed by atoms with Crippen molar-refractivity contribution in [1.82, 2.24) is 0 Å². The number of aliphatic hydroxyl groups excluding tert-OH is 1. The Hall–Kier alpha value is -2.30. The van der Waals surface area contributed by atoms with Gasteiger partial charge < -0.3 is 14.6 Å². The molecule has 0 amide bonds. The van der Waals surface area contributed by atoms with Gasteiger partial charge in [-0.1, -0.05) is 30.3 Å². The van der Waals surface area contributed by atoms with Crippen molar-refractivity contribution < 1.29 is 50.5 Å². The summed E-state index contributed by atoms with van der Waals surface area (Å²) in [5, 5.41) is 9.35. The lowest BCUT2D eigenvalue weighted by Gasteiger charge is -2.23. The molecule has 140 valence electrons. The molecule has 5 nitrogen and oxygen atoms in total. The Morgan fingerprint density at radius 3 is 2.00 bits per heavy atom. The van der Waals surface area contributed by atoms with Gasteiger partial charge in [0.2, 0.25) is 0 Å². The molecule has 0 bridgehead atoms. The highest BCUT2D eigenvalue weighted by atomic mass is 19.4. The molecule has 0 aliphatic rings. The van der Waals surface area contributed by atoms with E-state index in [0.29, 0.717) is 5.56 Å². The minimum atomic E-state index is -5.88. The number of hydrogen-bond acceptors (Lipinski definition) is 5. The maximum Gasteiger partial charge on any atom is 0.434 e. The van der Waals surface area contributed by atoms with E-state index in [1.54, 1.807) is 30.3 Å². The van der Waals surface area contributed by atoms with Crippen molar-refractivity contribution >= 4 is 11.9 Å². The van der Waals surface area contributed by atoms with Crippen LogP contribution in [0.5, 0.6) is 0 Å². The third kappa shape index (κ3) is 6.99. The van der Waals surface area contributed by atoms with Crippen molar-refractivity contribution in [2.45, 2.75) is 37.6 Å². The summed E-state index contributed by atoms with van der Waals surface area (Å²) < 4.78 is 81.3. The van der Waals surface area contributed by atoms with E-state index < -0.39 is 42.9 Å². The van der Waals surface area contributed by atoms with Crippen molar-refractivity contribution in [3.8, 4) is 0 Å². The molecule has 0 spiro atoms. The van der Waals surface area contributed by atoms with E-state index in [0.717, 1.165) is 0 Å². The summed E-state index contributed by atoms with van der Waals surface area (Å²) >= 11 is 0. The van der Waals surface area contributed by atoms with Gasteiger partial charge >= 0.3 is 24.3 Å². The summed E-state index contributed by atoms with van der Waals surface area (Å²) in [5.74, 6) is -3.44. The Morgan fingerprint density at radius 1 is 1.00 bits per heavy atom. The topological polar surface area (TPSA) is 72.8 Å². The van der Waals surface area contributed by atoms with Gasteiger partial charge in [-0.15, -0.1) is 0 Å². The maximum absolute atomic E-state index is 12.2. The predicted octanol–water partition coefficient (Wildman–Crippen LogP) is 2.52. The highest BCUT2D eigenvalue weighted by Gasteiger charge is 2.59. The first kappa shape index (κ1) is 20.7. The lowest BCUT2D eigenvalue weighted by molar-refractivity contribution is -0.313. The summed E-state index contributed by atoms with van der Waals surface area (Å²) in [6.45, 7) is -0.306. The summed E-state index contributed by atoms with van der Waals surface area (Å²) in [4.78, 5) is 22.6. The van der Waals surface area contributed by atoms with Gasteiger partial charge in [-0.25, -0.2) is 4.79 Å². The fraction of sp³-hybridized carbons (Fsp3) is 0.429. The molecule has 1 rings (SSSR count). The first-order chi connectivity index (χ1) is 11.4. The second-order valence-corrected chi connectivity index (χ2v) is 4.77. The SMILES string of the molecule is O=C(CC(O)C(=O)OCc1ccccc1)OC(C(F)(F)F)C(F)(F)F. The highest BCUT2D eigenvalue weighted by Crippen LogP contribution is 2.35. The average molecular weight is 374 g/mol. The van der Waals surface area contributed by atoms with Gasteiger partial charge in [-0.05, 0) is 5.56 Å². The number of carbonyl (C=O) groups excluding carboxylic acids is 2. The number of ether oxygens (including phenoxy) is 2. The molecule has 0 radical (unpaired) electrons. The zero-order valence-corrected chi connectivity index (χ0v) is 12.3. The molecule has 1 unspecified atom stereocenters. The molecule has 0 saturated heterocycles. The van der Waals surface area contributed by atoms with Gasteiger partial charge in [0.25, 0.3) is 6.10 Å². The number of halogens is 6. The fourth-order valence-electron chi connectivity index (χ4n) is 1.56. The van der Waals surface area contributed by atoms with Crippen molar-refractivity contribution in [3.63, 3.8) is 0 Å². The normalized spacial score (nSPS) is 13.4. The Kier molecular flexibility index (Phi) is 6.79. The van der Waals surface area contributed by atoms with Gasteiger partial charge in [0.1, 0.15) is 6.61 Å². The van der Waals surface area contributed by atoms with Crippen molar-refractivity contribution in [2.75, 3.05) is 0 Å². The second-order valence-electron chi connectivity index (χ2n) is 4.77. The quantitative estimate of drug-likeness (QED) is 0.612. The largest absolute Gasteiger partial charge is 0.459 e. The average Bonchev–Trinajstić information content (AvgIpc) is 2.49. The van der Waals surface area contributed by atoms with Gasteiger partial charge in [-0.3, -0.25) is 4.79 Å². The van der Waals surface area contributed by atoms with E-state index >= 15 is 0 Å². The molecule has 0 aliphatic heterocycles. The number of carbonyl (C=O) groups is 2.